The van der Waals surface area contributed by atoms with Crippen molar-refractivity contribution >= 4 is 5.82 Å². The molecule has 0 aromatic carbocycles. The summed E-state index contributed by atoms with van der Waals surface area (Å²) >= 11 is 0. The van der Waals surface area contributed by atoms with Gasteiger partial charge in [0.15, 0.2) is 11.6 Å². The molecule has 0 unspecified atom stereocenters. The number of hydrogen-bond acceptors (Lipinski definition) is 5. The van der Waals surface area contributed by atoms with Crippen LogP contribution in [0, 0.1) is 0 Å². The fourth-order valence-electron chi connectivity index (χ4n) is 1.48. The molecule has 6 heteroatoms. The van der Waals surface area contributed by atoms with Crippen LogP contribution in [0.4, 0.5) is 5.82 Å². The fraction of sp³-hybridized carbons (Fsp3) is 0.364. The summed E-state index contributed by atoms with van der Waals surface area (Å²) < 4.78 is 5.08. The summed E-state index contributed by atoms with van der Waals surface area (Å²) in [4.78, 5) is 15.9. The minimum absolute atomic E-state index is 0.453. The lowest BCUT2D eigenvalue weighted by Gasteiger charge is -2.07. The van der Waals surface area contributed by atoms with Crippen molar-refractivity contribution in [3.63, 3.8) is 0 Å². The predicted molar refractivity (Wildman–Crippen MR) is 64.5 cm³/mol. The van der Waals surface area contributed by atoms with E-state index in [0.29, 0.717) is 18.3 Å². The highest BCUT2D eigenvalue weighted by atomic mass is 16.5. The quantitative estimate of drug-likeness (QED) is 0.817. The standard InChI is InChI=1S/C11H15N5O/c1-3-12-9-6-8(7-17-2)15-11(16-9)10-13-4-5-14-10/h4-6H,3,7H2,1-2H3,(H,13,14)(H,12,15,16). The van der Waals surface area contributed by atoms with Gasteiger partial charge in [0.1, 0.15) is 5.82 Å². The third-order valence-electron chi connectivity index (χ3n) is 2.14. The number of anilines is 1. The van der Waals surface area contributed by atoms with Crippen LogP contribution in [0.2, 0.25) is 0 Å². The summed E-state index contributed by atoms with van der Waals surface area (Å²) in [7, 11) is 1.64. The zero-order chi connectivity index (χ0) is 12.1. The maximum atomic E-state index is 5.08. The average Bonchev–Trinajstić information content (AvgIpc) is 2.83. The SMILES string of the molecule is CCNc1cc(COC)nc(-c2ncc[nH]2)n1. The van der Waals surface area contributed by atoms with Crippen molar-refractivity contribution in [2.45, 2.75) is 13.5 Å². The maximum Gasteiger partial charge on any atom is 0.197 e. The molecule has 0 saturated carbocycles. The van der Waals surface area contributed by atoms with E-state index in [2.05, 4.69) is 25.3 Å². The van der Waals surface area contributed by atoms with Crippen LogP contribution < -0.4 is 5.32 Å². The Balaban J connectivity index is 2.37. The van der Waals surface area contributed by atoms with Gasteiger partial charge < -0.3 is 15.0 Å². The first-order chi connectivity index (χ1) is 8.33. The highest BCUT2D eigenvalue weighted by molar-refractivity contribution is 5.49. The van der Waals surface area contributed by atoms with Crippen LogP contribution >= 0.6 is 0 Å². The van der Waals surface area contributed by atoms with Crippen LogP contribution in [-0.2, 0) is 11.3 Å². The van der Waals surface area contributed by atoms with E-state index in [1.807, 2.05) is 13.0 Å². The monoisotopic (exact) mass is 233 g/mol. The summed E-state index contributed by atoms with van der Waals surface area (Å²) in [6.07, 6.45) is 3.42. The molecule has 2 heterocycles. The Hall–Kier alpha value is -1.95. The minimum atomic E-state index is 0.453. The number of aromatic amines is 1. The summed E-state index contributed by atoms with van der Waals surface area (Å²) in [5.41, 5.74) is 0.824. The zero-order valence-corrected chi connectivity index (χ0v) is 9.90. The van der Waals surface area contributed by atoms with Crippen molar-refractivity contribution in [3.8, 4) is 11.6 Å². The third kappa shape index (κ3) is 2.79. The molecular formula is C11H15N5O. The molecule has 0 spiro atoms. The highest BCUT2D eigenvalue weighted by Gasteiger charge is 2.08. The molecule has 0 radical (unpaired) electrons. The molecule has 0 saturated heterocycles. The van der Waals surface area contributed by atoms with E-state index in [-0.39, 0.29) is 0 Å². The van der Waals surface area contributed by atoms with Crippen molar-refractivity contribution in [3.05, 3.63) is 24.2 Å². The fourth-order valence-corrected chi connectivity index (χ4v) is 1.48. The van der Waals surface area contributed by atoms with E-state index in [9.17, 15) is 0 Å². The van der Waals surface area contributed by atoms with E-state index in [1.54, 1.807) is 19.5 Å². The van der Waals surface area contributed by atoms with Crippen LogP contribution in [0.3, 0.4) is 0 Å². The first-order valence-corrected chi connectivity index (χ1v) is 5.44. The molecule has 0 aliphatic heterocycles. The van der Waals surface area contributed by atoms with E-state index >= 15 is 0 Å². The third-order valence-corrected chi connectivity index (χ3v) is 2.14. The summed E-state index contributed by atoms with van der Waals surface area (Å²) in [6.45, 7) is 3.28. The van der Waals surface area contributed by atoms with Gasteiger partial charge in [-0.3, -0.25) is 0 Å². The smallest absolute Gasteiger partial charge is 0.197 e. The number of nitrogens with zero attached hydrogens (tertiary/aromatic N) is 3. The average molecular weight is 233 g/mol. The van der Waals surface area contributed by atoms with Gasteiger partial charge in [-0.05, 0) is 6.92 Å². The molecule has 0 atom stereocenters. The zero-order valence-electron chi connectivity index (χ0n) is 9.90. The van der Waals surface area contributed by atoms with Gasteiger partial charge in [0.25, 0.3) is 0 Å². The molecule has 2 rings (SSSR count). The Morgan fingerprint density at radius 1 is 1.41 bits per heavy atom. The van der Waals surface area contributed by atoms with Crippen molar-refractivity contribution in [1.29, 1.82) is 0 Å². The molecule has 0 bridgehead atoms. The van der Waals surface area contributed by atoms with E-state index in [1.165, 1.54) is 0 Å². The number of methoxy groups -OCH3 is 1. The van der Waals surface area contributed by atoms with E-state index in [4.69, 9.17) is 4.74 Å². The number of H-pyrrole nitrogens is 1. The normalized spacial score (nSPS) is 10.5. The predicted octanol–water partition coefficient (Wildman–Crippen LogP) is 1.44. The van der Waals surface area contributed by atoms with Gasteiger partial charge in [-0.25, -0.2) is 15.0 Å². The Bertz CT molecular complexity index is 444. The van der Waals surface area contributed by atoms with Crippen molar-refractivity contribution in [2.24, 2.45) is 0 Å². The van der Waals surface area contributed by atoms with Crippen molar-refractivity contribution < 1.29 is 4.74 Å². The van der Waals surface area contributed by atoms with E-state index < -0.39 is 0 Å². The maximum absolute atomic E-state index is 5.08. The molecule has 6 nitrogen and oxygen atoms in total. The number of aromatic nitrogens is 4. The largest absolute Gasteiger partial charge is 0.378 e. The summed E-state index contributed by atoms with van der Waals surface area (Å²) in [5.74, 6) is 2.00. The lowest BCUT2D eigenvalue weighted by Crippen LogP contribution is -2.05. The lowest BCUT2D eigenvalue weighted by atomic mass is 10.3. The van der Waals surface area contributed by atoms with Gasteiger partial charge in [-0.1, -0.05) is 0 Å². The number of rotatable bonds is 5. The Kier molecular flexibility index (Phi) is 3.66. The summed E-state index contributed by atoms with van der Waals surface area (Å²) in [5, 5.41) is 3.16. The van der Waals surface area contributed by atoms with Gasteiger partial charge in [0.05, 0.1) is 12.3 Å². The van der Waals surface area contributed by atoms with Crippen LogP contribution in [0.5, 0.6) is 0 Å². The molecule has 0 fully saturated rings. The van der Waals surface area contributed by atoms with Crippen LogP contribution in [0.1, 0.15) is 12.6 Å². The molecular weight excluding hydrogens is 218 g/mol. The Morgan fingerprint density at radius 2 is 2.29 bits per heavy atom. The summed E-state index contributed by atoms with van der Waals surface area (Å²) in [6, 6.07) is 1.87. The molecule has 90 valence electrons. The van der Waals surface area contributed by atoms with E-state index in [0.717, 1.165) is 18.1 Å². The van der Waals surface area contributed by atoms with Crippen molar-refractivity contribution in [2.75, 3.05) is 19.0 Å². The first kappa shape index (κ1) is 11.5. The van der Waals surface area contributed by atoms with Gasteiger partial charge in [-0.2, -0.15) is 0 Å². The molecule has 17 heavy (non-hydrogen) atoms. The van der Waals surface area contributed by atoms with Crippen LogP contribution in [-0.4, -0.2) is 33.6 Å². The topological polar surface area (TPSA) is 75.7 Å². The Labute approximate surface area is 99.5 Å². The number of nitrogens with one attached hydrogen (secondary N) is 2. The lowest BCUT2D eigenvalue weighted by molar-refractivity contribution is 0.181. The van der Waals surface area contributed by atoms with Crippen LogP contribution in [0.25, 0.3) is 11.6 Å². The number of imidazole rings is 1. The second-order valence-corrected chi connectivity index (χ2v) is 3.47. The number of ether oxygens (including phenoxy) is 1. The van der Waals surface area contributed by atoms with Gasteiger partial charge in [0, 0.05) is 32.1 Å². The molecule has 0 aliphatic carbocycles. The molecule has 0 aliphatic rings. The second kappa shape index (κ2) is 5.40. The molecule has 2 aromatic heterocycles. The van der Waals surface area contributed by atoms with Gasteiger partial charge in [-0.15, -0.1) is 0 Å². The number of hydrogen-bond donors (Lipinski definition) is 2. The Morgan fingerprint density at radius 3 is 2.94 bits per heavy atom. The molecule has 2 aromatic rings. The second-order valence-electron chi connectivity index (χ2n) is 3.47. The molecule has 2 N–H and O–H groups in total. The van der Waals surface area contributed by atoms with Gasteiger partial charge >= 0.3 is 0 Å². The first-order valence-electron chi connectivity index (χ1n) is 5.44. The van der Waals surface area contributed by atoms with Crippen molar-refractivity contribution in [1.82, 2.24) is 19.9 Å². The van der Waals surface area contributed by atoms with Gasteiger partial charge in [0.2, 0.25) is 0 Å². The minimum Gasteiger partial charge on any atom is -0.378 e. The van der Waals surface area contributed by atoms with Crippen LogP contribution in [0.15, 0.2) is 18.5 Å². The molecule has 0 amide bonds. The highest BCUT2D eigenvalue weighted by Crippen LogP contribution is 2.14.